The summed E-state index contributed by atoms with van der Waals surface area (Å²) in [5.74, 6) is -0.334. The van der Waals surface area contributed by atoms with Crippen molar-refractivity contribution in [3.05, 3.63) is 66.1 Å². The minimum atomic E-state index is -0.334. The topological polar surface area (TPSA) is 80.9 Å². The highest BCUT2D eigenvalue weighted by Gasteiger charge is 2.19. The van der Waals surface area contributed by atoms with Crippen LogP contribution in [0, 0.1) is 0 Å². The molecule has 3 aromatic rings. The number of carbonyl (C=O) groups is 1. The summed E-state index contributed by atoms with van der Waals surface area (Å²) in [6.07, 6.45) is 3.25. The van der Waals surface area contributed by atoms with Crippen LogP contribution in [-0.4, -0.2) is 21.2 Å². The fraction of sp³-hybridized carbons (Fsp3) is 0.0667. The Labute approximate surface area is 120 Å². The normalized spacial score (nSPS) is 10.3. The predicted molar refractivity (Wildman–Crippen MR) is 75.1 cm³/mol. The summed E-state index contributed by atoms with van der Waals surface area (Å²) < 4.78 is 4.68. The lowest BCUT2D eigenvalue weighted by Crippen LogP contribution is -2.23. The van der Waals surface area contributed by atoms with Crippen LogP contribution >= 0.6 is 0 Å². The highest BCUT2D eigenvalue weighted by molar-refractivity contribution is 5.97. The Morgan fingerprint density at radius 2 is 1.95 bits per heavy atom. The minimum absolute atomic E-state index is 0.152. The Kier molecular flexibility index (Phi) is 3.68. The first kappa shape index (κ1) is 13.0. The lowest BCUT2D eigenvalue weighted by atomic mass is 10.1. The Morgan fingerprint density at radius 1 is 1.10 bits per heavy atom. The molecule has 0 atom stereocenters. The van der Waals surface area contributed by atoms with Crippen LogP contribution < -0.4 is 5.32 Å². The van der Waals surface area contributed by atoms with Crippen molar-refractivity contribution >= 4 is 5.91 Å². The number of benzene rings is 1. The first-order valence-corrected chi connectivity index (χ1v) is 6.39. The van der Waals surface area contributed by atoms with Crippen molar-refractivity contribution in [1.29, 1.82) is 0 Å². The van der Waals surface area contributed by atoms with Crippen molar-refractivity contribution in [2.24, 2.45) is 0 Å². The van der Waals surface area contributed by atoms with Gasteiger partial charge in [0, 0.05) is 24.5 Å². The van der Waals surface area contributed by atoms with Gasteiger partial charge >= 0.3 is 0 Å². The Balaban J connectivity index is 1.76. The fourth-order valence-corrected chi connectivity index (χ4v) is 1.89. The molecule has 104 valence electrons. The molecule has 1 amide bonds. The van der Waals surface area contributed by atoms with E-state index in [0.717, 1.165) is 5.56 Å². The Hall–Kier alpha value is -3.02. The van der Waals surface area contributed by atoms with E-state index in [-0.39, 0.29) is 11.6 Å². The van der Waals surface area contributed by atoms with Gasteiger partial charge in [0.25, 0.3) is 5.91 Å². The van der Waals surface area contributed by atoms with Crippen LogP contribution in [-0.2, 0) is 6.54 Å². The van der Waals surface area contributed by atoms with E-state index >= 15 is 0 Å². The summed E-state index contributed by atoms with van der Waals surface area (Å²) in [7, 11) is 0. The van der Waals surface area contributed by atoms with Gasteiger partial charge in [-0.05, 0) is 28.0 Å². The second-order valence-corrected chi connectivity index (χ2v) is 4.37. The van der Waals surface area contributed by atoms with Crippen molar-refractivity contribution in [2.45, 2.75) is 6.54 Å². The maximum absolute atomic E-state index is 12.2. The number of hydrogen-bond acceptors (Lipinski definition) is 5. The van der Waals surface area contributed by atoms with Crippen LogP contribution in [0.5, 0.6) is 0 Å². The molecule has 1 N–H and O–H groups in total. The summed E-state index contributed by atoms with van der Waals surface area (Å²) in [6, 6.07) is 13.2. The van der Waals surface area contributed by atoms with Gasteiger partial charge in [0.05, 0.1) is 0 Å². The molecule has 1 aromatic carbocycles. The van der Waals surface area contributed by atoms with Gasteiger partial charge in [-0.15, -0.1) is 0 Å². The molecular formula is C15H12N4O2. The quantitative estimate of drug-likeness (QED) is 0.791. The molecule has 0 aliphatic rings. The van der Waals surface area contributed by atoms with Gasteiger partial charge in [-0.25, -0.2) is 4.63 Å². The van der Waals surface area contributed by atoms with E-state index in [1.165, 1.54) is 0 Å². The molecule has 0 spiro atoms. The number of aromatic nitrogens is 3. The van der Waals surface area contributed by atoms with Crippen LogP contribution in [0.15, 0.2) is 59.5 Å². The molecule has 6 nitrogen and oxygen atoms in total. The molecule has 6 heteroatoms. The summed E-state index contributed by atoms with van der Waals surface area (Å²) in [5, 5.41) is 10.2. The molecule has 0 saturated carbocycles. The van der Waals surface area contributed by atoms with Crippen LogP contribution in [0.25, 0.3) is 11.3 Å². The second-order valence-electron chi connectivity index (χ2n) is 4.37. The number of amides is 1. The van der Waals surface area contributed by atoms with Crippen LogP contribution in [0.1, 0.15) is 16.1 Å². The first-order valence-electron chi connectivity index (χ1n) is 6.39. The van der Waals surface area contributed by atoms with Gasteiger partial charge in [0.1, 0.15) is 5.69 Å². The molecule has 0 radical (unpaired) electrons. The van der Waals surface area contributed by atoms with Crippen molar-refractivity contribution in [3.63, 3.8) is 0 Å². The maximum atomic E-state index is 12.2. The number of nitrogens with zero attached hydrogens (tertiary/aromatic N) is 3. The highest BCUT2D eigenvalue weighted by Crippen LogP contribution is 2.18. The van der Waals surface area contributed by atoms with E-state index in [1.54, 1.807) is 24.5 Å². The standard InChI is InChI=1S/C15H12N4O2/c20-15(17-9-11-5-2-1-3-6-11)14-13(18-21-19-14)12-7-4-8-16-10-12/h1-8,10H,9H2,(H,17,20). The average molecular weight is 280 g/mol. The van der Waals surface area contributed by atoms with E-state index in [0.29, 0.717) is 17.8 Å². The lowest BCUT2D eigenvalue weighted by Gasteiger charge is -2.03. The zero-order valence-corrected chi connectivity index (χ0v) is 11.1. The lowest BCUT2D eigenvalue weighted by molar-refractivity contribution is 0.0941. The Morgan fingerprint density at radius 3 is 2.71 bits per heavy atom. The number of pyridine rings is 1. The Bertz CT molecular complexity index is 726. The van der Waals surface area contributed by atoms with Crippen molar-refractivity contribution in [1.82, 2.24) is 20.6 Å². The van der Waals surface area contributed by atoms with E-state index in [9.17, 15) is 4.79 Å². The van der Waals surface area contributed by atoms with Gasteiger partial charge in [0.15, 0.2) is 5.69 Å². The predicted octanol–water partition coefficient (Wildman–Crippen LogP) is 2.06. The molecule has 2 heterocycles. The van der Waals surface area contributed by atoms with Crippen LogP contribution in [0.3, 0.4) is 0 Å². The first-order chi connectivity index (χ1) is 10.3. The third-order valence-corrected chi connectivity index (χ3v) is 2.93. The monoisotopic (exact) mass is 280 g/mol. The van der Waals surface area contributed by atoms with Crippen LogP contribution in [0.4, 0.5) is 0 Å². The maximum Gasteiger partial charge on any atom is 0.276 e. The molecule has 0 aliphatic heterocycles. The van der Waals surface area contributed by atoms with E-state index in [4.69, 9.17) is 0 Å². The molecule has 0 saturated heterocycles. The smallest absolute Gasteiger partial charge is 0.276 e. The molecule has 0 aliphatic carbocycles. The molecule has 21 heavy (non-hydrogen) atoms. The largest absolute Gasteiger partial charge is 0.346 e. The number of hydrogen-bond donors (Lipinski definition) is 1. The van der Waals surface area contributed by atoms with E-state index < -0.39 is 0 Å². The summed E-state index contributed by atoms with van der Waals surface area (Å²) in [5.41, 5.74) is 2.22. The summed E-state index contributed by atoms with van der Waals surface area (Å²) >= 11 is 0. The fourth-order valence-electron chi connectivity index (χ4n) is 1.89. The van der Waals surface area contributed by atoms with Crippen molar-refractivity contribution in [3.8, 4) is 11.3 Å². The SMILES string of the molecule is O=C(NCc1ccccc1)c1nonc1-c1cccnc1. The number of nitrogens with one attached hydrogen (secondary N) is 1. The van der Waals surface area contributed by atoms with Crippen LogP contribution in [0.2, 0.25) is 0 Å². The summed E-state index contributed by atoms with van der Waals surface area (Å²) in [4.78, 5) is 16.2. The number of rotatable bonds is 4. The molecule has 0 unspecified atom stereocenters. The van der Waals surface area contributed by atoms with Gasteiger partial charge in [-0.1, -0.05) is 30.3 Å². The summed E-state index contributed by atoms with van der Waals surface area (Å²) in [6.45, 7) is 0.416. The van der Waals surface area contributed by atoms with E-state index in [1.807, 2.05) is 30.3 Å². The minimum Gasteiger partial charge on any atom is -0.346 e. The van der Waals surface area contributed by atoms with E-state index in [2.05, 4.69) is 25.2 Å². The van der Waals surface area contributed by atoms with Gasteiger partial charge in [-0.3, -0.25) is 9.78 Å². The molecular weight excluding hydrogens is 268 g/mol. The molecule has 3 rings (SSSR count). The van der Waals surface area contributed by atoms with Gasteiger partial charge in [-0.2, -0.15) is 0 Å². The zero-order valence-electron chi connectivity index (χ0n) is 11.1. The van der Waals surface area contributed by atoms with Crippen molar-refractivity contribution < 1.29 is 9.42 Å². The molecule has 0 fully saturated rings. The highest BCUT2D eigenvalue weighted by atomic mass is 16.6. The third-order valence-electron chi connectivity index (χ3n) is 2.93. The average Bonchev–Trinajstić information content (AvgIpc) is 3.04. The number of carbonyl (C=O) groups excluding carboxylic acids is 1. The molecule has 0 bridgehead atoms. The molecule has 2 aromatic heterocycles. The van der Waals surface area contributed by atoms with Crippen molar-refractivity contribution in [2.75, 3.05) is 0 Å². The van der Waals surface area contributed by atoms with Gasteiger partial charge < -0.3 is 5.32 Å². The van der Waals surface area contributed by atoms with Gasteiger partial charge in [0.2, 0.25) is 0 Å². The second kappa shape index (κ2) is 5.96. The zero-order chi connectivity index (χ0) is 14.5. The third kappa shape index (κ3) is 2.94.